The SMILES string of the molecule is O=C(O)Nn1nc(-c2ccccc2)c(-c2ccccc2[N+](=O)[O-])c1C(=O)NNC(=O)c1ccc(Cl)cc1. The minimum Gasteiger partial charge on any atom is -0.464 e. The van der Waals surface area contributed by atoms with Gasteiger partial charge in [-0.2, -0.15) is 9.89 Å². The summed E-state index contributed by atoms with van der Waals surface area (Å²) in [5, 5.41) is 25.8. The zero-order chi connectivity index (χ0) is 26.5. The number of nitro benzene ring substituents is 1. The summed E-state index contributed by atoms with van der Waals surface area (Å²) < 4.78 is 0. The van der Waals surface area contributed by atoms with Gasteiger partial charge in [-0.15, -0.1) is 0 Å². The van der Waals surface area contributed by atoms with Crippen molar-refractivity contribution in [3.63, 3.8) is 0 Å². The van der Waals surface area contributed by atoms with Gasteiger partial charge in [0.1, 0.15) is 5.69 Å². The molecule has 4 aromatic rings. The number of nitro groups is 1. The Bertz CT molecular complexity index is 1500. The molecule has 0 aliphatic carbocycles. The van der Waals surface area contributed by atoms with Gasteiger partial charge < -0.3 is 5.11 Å². The molecule has 0 saturated heterocycles. The number of para-hydroxylation sites is 1. The quantitative estimate of drug-likeness (QED) is 0.219. The second kappa shape index (κ2) is 10.6. The van der Waals surface area contributed by atoms with Crippen LogP contribution < -0.4 is 16.3 Å². The number of rotatable bonds is 6. The zero-order valence-corrected chi connectivity index (χ0v) is 19.5. The van der Waals surface area contributed by atoms with Gasteiger partial charge in [-0.1, -0.05) is 54.1 Å². The molecule has 4 N–H and O–H groups in total. The Balaban J connectivity index is 1.84. The van der Waals surface area contributed by atoms with Gasteiger partial charge in [0, 0.05) is 22.2 Å². The Morgan fingerprint density at radius 2 is 1.51 bits per heavy atom. The normalized spacial score (nSPS) is 10.4. The van der Waals surface area contributed by atoms with E-state index in [4.69, 9.17) is 11.6 Å². The summed E-state index contributed by atoms with van der Waals surface area (Å²) in [4.78, 5) is 49.2. The molecule has 0 saturated carbocycles. The largest absolute Gasteiger partial charge is 0.464 e. The van der Waals surface area contributed by atoms with Crippen molar-refractivity contribution in [2.24, 2.45) is 0 Å². The standard InChI is InChI=1S/C24H17ClN6O6/c25-16-12-10-15(11-13-16)22(32)26-27-23(33)21-19(17-8-4-5-9-18(17)31(36)37)20(14-6-2-1-3-7-14)28-30(21)29-24(34)35/h1-13,29H,(H,26,32)(H,27,33)(H,34,35). The number of amides is 3. The molecule has 0 aliphatic heterocycles. The van der Waals surface area contributed by atoms with E-state index in [1.807, 2.05) is 5.43 Å². The van der Waals surface area contributed by atoms with Crippen LogP contribution in [0.5, 0.6) is 0 Å². The van der Waals surface area contributed by atoms with E-state index in [1.54, 1.807) is 30.3 Å². The van der Waals surface area contributed by atoms with Gasteiger partial charge in [0.2, 0.25) is 0 Å². The van der Waals surface area contributed by atoms with Crippen LogP contribution in [-0.2, 0) is 0 Å². The number of benzene rings is 3. The first-order chi connectivity index (χ1) is 17.8. The maximum Gasteiger partial charge on any atom is 0.425 e. The molecule has 0 atom stereocenters. The first-order valence-corrected chi connectivity index (χ1v) is 10.9. The molecule has 0 fully saturated rings. The lowest BCUT2D eigenvalue weighted by atomic mass is 9.97. The highest BCUT2D eigenvalue weighted by molar-refractivity contribution is 6.30. The van der Waals surface area contributed by atoms with Gasteiger partial charge in [-0.3, -0.25) is 30.6 Å². The van der Waals surface area contributed by atoms with Crippen LogP contribution in [0.1, 0.15) is 20.8 Å². The highest BCUT2D eigenvalue weighted by atomic mass is 35.5. The van der Waals surface area contributed by atoms with Gasteiger partial charge in [0.15, 0.2) is 5.69 Å². The summed E-state index contributed by atoms with van der Waals surface area (Å²) in [5.41, 5.74) is 6.43. The van der Waals surface area contributed by atoms with Crippen LogP contribution in [0.4, 0.5) is 10.5 Å². The third kappa shape index (κ3) is 5.39. The predicted molar refractivity (Wildman–Crippen MR) is 134 cm³/mol. The van der Waals surface area contributed by atoms with E-state index in [-0.39, 0.29) is 28.1 Å². The third-order valence-corrected chi connectivity index (χ3v) is 5.37. The van der Waals surface area contributed by atoms with Crippen LogP contribution in [0.3, 0.4) is 0 Å². The summed E-state index contributed by atoms with van der Waals surface area (Å²) >= 11 is 5.83. The lowest BCUT2D eigenvalue weighted by Crippen LogP contribution is -2.43. The Labute approximate surface area is 213 Å². The van der Waals surface area contributed by atoms with Crippen molar-refractivity contribution in [3.05, 3.63) is 105 Å². The maximum absolute atomic E-state index is 13.3. The van der Waals surface area contributed by atoms with E-state index in [0.717, 1.165) is 0 Å². The molecule has 1 heterocycles. The number of hydrogen-bond acceptors (Lipinski definition) is 6. The van der Waals surface area contributed by atoms with E-state index >= 15 is 0 Å². The molecule has 0 radical (unpaired) electrons. The molecule has 0 bridgehead atoms. The Kier molecular flexibility index (Phi) is 7.11. The molecule has 12 nitrogen and oxygen atoms in total. The number of halogens is 1. The second-order valence-corrected chi connectivity index (χ2v) is 7.89. The highest BCUT2D eigenvalue weighted by Crippen LogP contribution is 2.39. The van der Waals surface area contributed by atoms with Crippen molar-refractivity contribution < 1.29 is 24.4 Å². The molecule has 0 spiro atoms. The van der Waals surface area contributed by atoms with Crippen LogP contribution in [0.2, 0.25) is 5.02 Å². The first kappa shape index (κ1) is 24.9. The minimum absolute atomic E-state index is 0.0129. The molecule has 13 heteroatoms. The number of nitrogens with one attached hydrogen (secondary N) is 3. The number of carboxylic acid groups (broad SMARTS) is 1. The van der Waals surface area contributed by atoms with Gasteiger partial charge in [-0.25, -0.2) is 10.2 Å². The van der Waals surface area contributed by atoms with E-state index in [0.29, 0.717) is 15.4 Å². The van der Waals surface area contributed by atoms with Crippen LogP contribution >= 0.6 is 11.6 Å². The fourth-order valence-electron chi connectivity index (χ4n) is 3.54. The lowest BCUT2D eigenvalue weighted by Gasteiger charge is -2.11. The smallest absolute Gasteiger partial charge is 0.425 e. The van der Waals surface area contributed by atoms with Crippen molar-refractivity contribution in [1.82, 2.24) is 20.7 Å². The Morgan fingerprint density at radius 1 is 0.892 bits per heavy atom. The van der Waals surface area contributed by atoms with Crippen molar-refractivity contribution in [2.75, 3.05) is 5.43 Å². The number of hydrogen-bond donors (Lipinski definition) is 4. The molecule has 37 heavy (non-hydrogen) atoms. The van der Waals surface area contributed by atoms with Crippen molar-refractivity contribution in [1.29, 1.82) is 0 Å². The third-order valence-electron chi connectivity index (χ3n) is 5.12. The van der Waals surface area contributed by atoms with E-state index < -0.39 is 28.5 Å². The summed E-state index contributed by atoms with van der Waals surface area (Å²) in [6.07, 6.45) is -1.55. The molecule has 0 unspecified atom stereocenters. The average Bonchev–Trinajstić information content (AvgIpc) is 3.26. The van der Waals surface area contributed by atoms with Crippen LogP contribution in [0.15, 0.2) is 78.9 Å². The summed E-state index contributed by atoms with van der Waals surface area (Å²) in [5.74, 6) is -1.67. The number of hydrazine groups is 1. The maximum atomic E-state index is 13.3. The van der Waals surface area contributed by atoms with Gasteiger partial charge in [-0.05, 0) is 30.3 Å². The zero-order valence-electron chi connectivity index (χ0n) is 18.7. The molecule has 186 valence electrons. The molecule has 3 amide bonds. The summed E-state index contributed by atoms with van der Waals surface area (Å²) in [7, 11) is 0. The van der Waals surface area contributed by atoms with Crippen LogP contribution in [-0.4, -0.2) is 37.8 Å². The van der Waals surface area contributed by atoms with E-state index in [2.05, 4.69) is 16.0 Å². The second-order valence-electron chi connectivity index (χ2n) is 7.46. The number of carbonyl (C=O) groups excluding carboxylic acids is 2. The van der Waals surface area contributed by atoms with Crippen molar-refractivity contribution in [2.45, 2.75) is 0 Å². The van der Waals surface area contributed by atoms with Crippen molar-refractivity contribution >= 4 is 35.2 Å². The van der Waals surface area contributed by atoms with Crippen molar-refractivity contribution in [3.8, 4) is 22.4 Å². The number of nitrogens with zero attached hydrogens (tertiary/aromatic N) is 3. The molecule has 0 aliphatic rings. The molecular formula is C24H17ClN6O6. The van der Waals surface area contributed by atoms with E-state index in [1.165, 1.54) is 48.5 Å². The highest BCUT2D eigenvalue weighted by Gasteiger charge is 2.31. The molecular weight excluding hydrogens is 504 g/mol. The number of carbonyl (C=O) groups is 3. The topological polar surface area (TPSA) is 168 Å². The van der Waals surface area contributed by atoms with Gasteiger partial charge >= 0.3 is 6.09 Å². The molecule has 3 aromatic carbocycles. The Hall–Kier alpha value is -5.23. The number of aromatic nitrogens is 2. The summed E-state index contributed by atoms with van der Waals surface area (Å²) in [6.45, 7) is 0. The fourth-order valence-corrected chi connectivity index (χ4v) is 3.67. The lowest BCUT2D eigenvalue weighted by molar-refractivity contribution is -0.384. The Morgan fingerprint density at radius 3 is 2.16 bits per heavy atom. The minimum atomic E-state index is -1.55. The monoisotopic (exact) mass is 520 g/mol. The van der Waals surface area contributed by atoms with E-state index in [9.17, 15) is 29.6 Å². The van der Waals surface area contributed by atoms with Gasteiger partial charge in [0.25, 0.3) is 17.5 Å². The van der Waals surface area contributed by atoms with Crippen LogP contribution in [0.25, 0.3) is 22.4 Å². The summed E-state index contributed by atoms with van der Waals surface area (Å²) in [6, 6.07) is 19.9. The molecule has 1 aromatic heterocycles. The predicted octanol–water partition coefficient (Wildman–Crippen LogP) is 4.08. The average molecular weight is 521 g/mol. The fraction of sp³-hybridized carbons (Fsp3) is 0. The van der Waals surface area contributed by atoms with Crippen LogP contribution in [0, 0.1) is 10.1 Å². The first-order valence-electron chi connectivity index (χ1n) is 10.5. The van der Waals surface area contributed by atoms with Gasteiger partial charge in [0.05, 0.1) is 16.1 Å². The molecule has 4 rings (SSSR count).